The van der Waals surface area contributed by atoms with Gasteiger partial charge in [0.2, 0.25) is 5.89 Å². The average molecular weight is 259 g/mol. The van der Waals surface area contributed by atoms with Gasteiger partial charge in [0.1, 0.15) is 5.75 Å². The lowest BCUT2D eigenvalue weighted by Gasteiger charge is -2.13. The van der Waals surface area contributed by atoms with Crippen LogP contribution in [0.2, 0.25) is 0 Å². The molecule has 1 aromatic heterocycles. The Morgan fingerprint density at radius 1 is 1.47 bits per heavy atom. The van der Waals surface area contributed by atoms with Crippen LogP contribution in [-0.2, 0) is 13.0 Å². The molecule has 1 aromatic carbocycles. The molecule has 1 aliphatic carbocycles. The highest BCUT2D eigenvalue weighted by atomic mass is 16.5. The minimum absolute atomic E-state index is 0.331. The number of aromatic nitrogens is 2. The Labute approximate surface area is 112 Å². The zero-order valence-electron chi connectivity index (χ0n) is 11.1. The second kappa shape index (κ2) is 5.01. The van der Waals surface area contributed by atoms with Gasteiger partial charge in [-0.1, -0.05) is 11.2 Å². The quantitative estimate of drug-likeness (QED) is 0.911. The number of nitrogens with zero attached hydrogens (tertiary/aromatic N) is 2. The second-order valence-electron chi connectivity index (χ2n) is 4.77. The molecule has 5 heteroatoms. The Bertz CT molecular complexity index is 580. The summed E-state index contributed by atoms with van der Waals surface area (Å²) >= 11 is 0. The largest absolute Gasteiger partial charge is 0.497 e. The Balaban J connectivity index is 1.71. The van der Waals surface area contributed by atoms with E-state index in [-0.39, 0.29) is 0 Å². The smallest absolute Gasteiger partial charge is 0.240 e. The lowest BCUT2D eigenvalue weighted by Crippen LogP contribution is -2.18. The molecule has 100 valence electrons. The Morgan fingerprint density at radius 3 is 3.11 bits per heavy atom. The zero-order chi connectivity index (χ0) is 13.2. The number of aryl methyl sites for hydroxylation is 2. The molecule has 0 amide bonds. The van der Waals surface area contributed by atoms with Gasteiger partial charge < -0.3 is 14.6 Å². The van der Waals surface area contributed by atoms with Gasteiger partial charge in [0.25, 0.3) is 0 Å². The number of rotatable bonds is 4. The molecular formula is C14H17N3O2. The highest BCUT2D eigenvalue weighted by Gasteiger charge is 2.23. The molecule has 1 N–H and O–H groups in total. The van der Waals surface area contributed by atoms with Crippen LogP contribution in [0.1, 0.15) is 35.3 Å². The van der Waals surface area contributed by atoms with Crippen molar-refractivity contribution in [2.75, 3.05) is 7.11 Å². The normalized spacial score (nSPS) is 17.5. The van der Waals surface area contributed by atoms with Crippen molar-refractivity contribution in [3.05, 3.63) is 41.0 Å². The van der Waals surface area contributed by atoms with Crippen LogP contribution in [0.25, 0.3) is 0 Å². The van der Waals surface area contributed by atoms with Gasteiger partial charge in [0.05, 0.1) is 13.7 Å². The van der Waals surface area contributed by atoms with Crippen LogP contribution in [-0.4, -0.2) is 17.3 Å². The molecule has 0 saturated heterocycles. The van der Waals surface area contributed by atoms with Crippen molar-refractivity contribution in [1.82, 2.24) is 15.5 Å². The molecule has 0 aliphatic heterocycles. The highest BCUT2D eigenvalue weighted by molar-refractivity contribution is 5.40. The molecule has 5 nitrogen and oxygen atoms in total. The number of ether oxygens (including phenoxy) is 1. The van der Waals surface area contributed by atoms with Crippen LogP contribution in [0.4, 0.5) is 0 Å². The molecular weight excluding hydrogens is 242 g/mol. The predicted octanol–water partition coefficient (Wildman–Crippen LogP) is 2.16. The number of nitrogens with one attached hydrogen (secondary N) is 1. The first-order valence-electron chi connectivity index (χ1n) is 6.45. The fraction of sp³-hybridized carbons (Fsp3) is 0.429. The molecule has 1 heterocycles. The maximum atomic E-state index is 5.29. The van der Waals surface area contributed by atoms with Gasteiger partial charge in [-0.3, -0.25) is 0 Å². The van der Waals surface area contributed by atoms with Crippen LogP contribution in [0, 0.1) is 6.92 Å². The number of methoxy groups -OCH3 is 1. The summed E-state index contributed by atoms with van der Waals surface area (Å²) in [4.78, 5) is 4.20. The molecule has 3 rings (SSSR count). The van der Waals surface area contributed by atoms with Gasteiger partial charge in [0, 0.05) is 6.04 Å². The third-order valence-corrected chi connectivity index (χ3v) is 3.50. The minimum atomic E-state index is 0.331. The van der Waals surface area contributed by atoms with Crippen molar-refractivity contribution in [2.24, 2.45) is 0 Å². The fourth-order valence-corrected chi connectivity index (χ4v) is 2.54. The van der Waals surface area contributed by atoms with E-state index in [1.807, 2.05) is 13.0 Å². The third kappa shape index (κ3) is 2.46. The second-order valence-corrected chi connectivity index (χ2v) is 4.77. The summed E-state index contributed by atoms with van der Waals surface area (Å²) in [6, 6.07) is 6.60. The topological polar surface area (TPSA) is 60.2 Å². The summed E-state index contributed by atoms with van der Waals surface area (Å²) in [6.07, 6.45) is 2.19. The number of hydrogen-bond acceptors (Lipinski definition) is 5. The van der Waals surface area contributed by atoms with Gasteiger partial charge in [-0.25, -0.2) is 0 Å². The summed E-state index contributed by atoms with van der Waals surface area (Å²) in [5.41, 5.74) is 2.70. The third-order valence-electron chi connectivity index (χ3n) is 3.50. The van der Waals surface area contributed by atoms with Crippen molar-refractivity contribution in [2.45, 2.75) is 32.4 Å². The van der Waals surface area contributed by atoms with E-state index in [2.05, 4.69) is 27.6 Å². The van der Waals surface area contributed by atoms with E-state index in [1.54, 1.807) is 7.11 Å². The van der Waals surface area contributed by atoms with Crippen LogP contribution >= 0.6 is 0 Å². The molecule has 0 bridgehead atoms. The molecule has 0 spiro atoms. The highest BCUT2D eigenvalue weighted by Crippen LogP contribution is 2.33. The van der Waals surface area contributed by atoms with E-state index >= 15 is 0 Å². The number of hydrogen-bond donors (Lipinski definition) is 1. The Morgan fingerprint density at radius 2 is 2.37 bits per heavy atom. The monoisotopic (exact) mass is 259 g/mol. The first-order chi connectivity index (χ1) is 9.26. The van der Waals surface area contributed by atoms with Gasteiger partial charge in [-0.05, 0) is 43.0 Å². The van der Waals surface area contributed by atoms with E-state index in [0.717, 1.165) is 18.6 Å². The number of fused-ring (bicyclic) bond motifs is 1. The van der Waals surface area contributed by atoms with Crippen molar-refractivity contribution >= 4 is 0 Å². The molecule has 1 aliphatic rings. The van der Waals surface area contributed by atoms with E-state index in [9.17, 15) is 0 Å². The first kappa shape index (κ1) is 12.2. The Hall–Kier alpha value is -1.88. The molecule has 19 heavy (non-hydrogen) atoms. The predicted molar refractivity (Wildman–Crippen MR) is 69.9 cm³/mol. The van der Waals surface area contributed by atoms with Crippen LogP contribution in [0.15, 0.2) is 22.7 Å². The molecule has 0 saturated carbocycles. The lowest BCUT2D eigenvalue weighted by molar-refractivity contribution is 0.354. The molecule has 2 aromatic rings. The average Bonchev–Trinajstić information content (AvgIpc) is 3.02. The fourth-order valence-electron chi connectivity index (χ4n) is 2.54. The van der Waals surface area contributed by atoms with E-state index in [4.69, 9.17) is 9.26 Å². The molecule has 1 atom stereocenters. The van der Waals surface area contributed by atoms with Crippen molar-refractivity contribution in [3.63, 3.8) is 0 Å². The summed E-state index contributed by atoms with van der Waals surface area (Å²) in [7, 11) is 1.69. The number of benzene rings is 1. The lowest BCUT2D eigenvalue weighted by atomic mass is 10.1. The summed E-state index contributed by atoms with van der Waals surface area (Å²) in [6.45, 7) is 2.42. The standard InChI is InChI=1S/C14H17N3O2/c1-9-16-14(19-17-9)8-15-13-6-4-10-3-5-11(18-2)7-12(10)13/h3,5,7,13,15H,4,6,8H2,1-2H3. The SMILES string of the molecule is COc1ccc2c(c1)C(NCc1nc(C)no1)CC2. The van der Waals surface area contributed by atoms with Gasteiger partial charge in [0.15, 0.2) is 5.82 Å². The maximum Gasteiger partial charge on any atom is 0.240 e. The van der Waals surface area contributed by atoms with E-state index < -0.39 is 0 Å². The van der Waals surface area contributed by atoms with E-state index in [1.165, 1.54) is 11.1 Å². The zero-order valence-corrected chi connectivity index (χ0v) is 11.1. The van der Waals surface area contributed by atoms with Crippen molar-refractivity contribution in [3.8, 4) is 5.75 Å². The van der Waals surface area contributed by atoms with Crippen LogP contribution in [0.3, 0.4) is 0 Å². The summed E-state index contributed by atoms with van der Waals surface area (Å²) in [5, 5.41) is 7.25. The van der Waals surface area contributed by atoms with Gasteiger partial charge in [-0.15, -0.1) is 0 Å². The maximum absolute atomic E-state index is 5.29. The van der Waals surface area contributed by atoms with Crippen molar-refractivity contribution < 1.29 is 9.26 Å². The Kier molecular flexibility index (Phi) is 3.21. The summed E-state index contributed by atoms with van der Waals surface area (Å²) < 4.78 is 10.4. The summed E-state index contributed by atoms with van der Waals surface area (Å²) in [5.74, 6) is 2.21. The molecule has 0 fully saturated rings. The van der Waals surface area contributed by atoms with Gasteiger partial charge in [-0.2, -0.15) is 4.98 Å². The van der Waals surface area contributed by atoms with Crippen LogP contribution in [0.5, 0.6) is 5.75 Å². The molecule has 1 unspecified atom stereocenters. The minimum Gasteiger partial charge on any atom is -0.497 e. The van der Waals surface area contributed by atoms with Crippen LogP contribution < -0.4 is 10.1 Å². The first-order valence-corrected chi connectivity index (χ1v) is 6.45. The van der Waals surface area contributed by atoms with Crippen molar-refractivity contribution in [1.29, 1.82) is 0 Å². The molecule has 0 radical (unpaired) electrons. The van der Waals surface area contributed by atoms with E-state index in [0.29, 0.717) is 24.3 Å². The van der Waals surface area contributed by atoms with Gasteiger partial charge >= 0.3 is 0 Å².